The summed E-state index contributed by atoms with van der Waals surface area (Å²) in [5.41, 5.74) is 7.98. The number of hydrogen-bond donors (Lipinski definition) is 1. The normalized spacial score (nSPS) is 11.4. The van der Waals surface area contributed by atoms with Crippen LogP contribution in [0.1, 0.15) is 21.5 Å². The molecule has 1 aromatic carbocycles. The first-order valence-electron chi connectivity index (χ1n) is 5.89. The van der Waals surface area contributed by atoms with Crippen molar-refractivity contribution >= 4 is 11.7 Å². The van der Waals surface area contributed by atoms with Crippen molar-refractivity contribution in [3.63, 3.8) is 0 Å². The van der Waals surface area contributed by atoms with Crippen LogP contribution in [-0.2, 0) is 9.47 Å². The van der Waals surface area contributed by atoms with Crippen LogP contribution in [0.2, 0.25) is 0 Å². The maximum atomic E-state index is 11.8. The minimum Gasteiger partial charge on any atom is -0.460 e. The zero-order valence-corrected chi connectivity index (χ0v) is 11.2. The Morgan fingerprint density at radius 3 is 2.45 bits per heavy atom. The molecule has 0 saturated heterocycles. The topological polar surface area (TPSA) is 61.5 Å². The van der Waals surface area contributed by atoms with Crippen LogP contribution in [0.4, 0.5) is 18.9 Å². The SMILES string of the molecule is Cc1cc(C)c(C(=O)OCCOCC(F)(F)F)cc1N. The van der Waals surface area contributed by atoms with E-state index in [4.69, 9.17) is 10.5 Å². The number of nitrogens with two attached hydrogens (primary N) is 1. The number of benzene rings is 1. The van der Waals surface area contributed by atoms with E-state index < -0.39 is 18.8 Å². The van der Waals surface area contributed by atoms with E-state index in [0.29, 0.717) is 16.8 Å². The predicted octanol–water partition coefficient (Wildman–Crippen LogP) is 2.62. The number of anilines is 1. The number of alkyl halides is 3. The largest absolute Gasteiger partial charge is 0.460 e. The number of carbonyl (C=O) groups excluding carboxylic acids is 1. The van der Waals surface area contributed by atoms with E-state index >= 15 is 0 Å². The van der Waals surface area contributed by atoms with Crippen molar-refractivity contribution in [2.24, 2.45) is 0 Å². The van der Waals surface area contributed by atoms with Gasteiger partial charge in [0, 0.05) is 5.69 Å². The van der Waals surface area contributed by atoms with Crippen LogP contribution >= 0.6 is 0 Å². The van der Waals surface area contributed by atoms with E-state index in [9.17, 15) is 18.0 Å². The van der Waals surface area contributed by atoms with Gasteiger partial charge in [-0.1, -0.05) is 6.07 Å². The third kappa shape index (κ3) is 5.08. The van der Waals surface area contributed by atoms with Gasteiger partial charge < -0.3 is 15.2 Å². The van der Waals surface area contributed by atoms with E-state index in [1.807, 2.05) is 6.92 Å². The van der Waals surface area contributed by atoms with Gasteiger partial charge in [0.1, 0.15) is 13.2 Å². The lowest BCUT2D eigenvalue weighted by Crippen LogP contribution is -2.20. The second kappa shape index (κ2) is 6.60. The van der Waals surface area contributed by atoms with E-state index in [0.717, 1.165) is 5.56 Å². The first-order chi connectivity index (χ1) is 9.20. The smallest absolute Gasteiger partial charge is 0.411 e. The van der Waals surface area contributed by atoms with Gasteiger partial charge in [-0.25, -0.2) is 4.79 Å². The Kier molecular flexibility index (Phi) is 5.38. The number of halogens is 3. The fourth-order valence-electron chi connectivity index (χ4n) is 1.55. The van der Waals surface area contributed by atoms with Crippen LogP contribution in [0, 0.1) is 13.8 Å². The van der Waals surface area contributed by atoms with E-state index in [1.54, 1.807) is 13.0 Å². The van der Waals surface area contributed by atoms with E-state index in [2.05, 4.69) is 4.74 Å². The van der Waals surface area contributed by atoms with Gasteiger partial charge in [0.05, 0.1) is 12.2 Å². The maximum Gasteiger partial charge on any atom is 0.411 e. The van der Waals surface area contributed by atoms with Crippen molar-refractivity contribution in [3.8, 4) is 0 Å². The molecule has 0 radical (unpaired) electrons. The summed E-state index contributed by atoms with van der Waals surface area (Å²) < 4.78 is 44.5. The number of nitrogen functional groups attached to an aromatic ring is 1. The van der Waals surface area contributed by atoms with Gasteiger partial charge in [-0.05, 0) is 31.0 Å². The van der Waals surface area contributed by atoms with Crippen LogP contribution in [0.25, 0.3) is 0 Å². The Morgan fingerprint density at radius 2 is 1.85 bits per heavy atom. The molecular formula is C13H16F3NO3. The third-order valence-electron chi connectivity index (χ3n) is 2.56. The molecule has 0 aliphatic carbocycles. The molecule has 4 nitrogen and oxygen atoms in total. The molecule has 0 fully saturated rings. The molecule has 7 heteroatoms. The highest BCUT2D eigenvalue weighted by Gasteiger charge is 2.27. The van der Waals surface area contributed by atoms with Crippen LogP contribution < -0.4 is 5.73 Å². The summed E-state index contributed by atoms with van der Waals surface area (Å²) in [6.07, 6.45) is -4.38. The number of carbonyl (C=O) groups is 1. The zero-order chi connectivity index (χ0) is 15.3. The quantitative estimate of drug-likeness (QED) is 0.514. The number of esters is 1. The molecule has 0 amide bonds. The summed E-state index contributed by atoms with van der Waals surface area (Å²) in [7, 11) is 0. The van der Waals surface area contributed by atoms with Gasteiger partial charge in [-0.15, -0.1) is 0 Å². The van der Waals surface area contributed by atoms with E-state index in [-0.39, 0.29) is 13.2 Å². The summed E-state index contributed by atoms with van der Waals surface area (Å²) in [5.74, 6) is -0.634. The molecule has 0 spiro atoms. The highest BCUT2D eigenvalue weighted by molar-refractivity contribution is 5.92. The molecule has 0 heterocycles. The molecule has 112 valence electrons. The van der Waals surface area contributed by atoms with Gasteiger partial charge in [0.25, 0.3) is 0 Å². The highest BCUT2D eigenvalue weighted by Crippen LogP contribution is 2.18. The number of rotatable bonds is 5. The predicted molar refractivity (Wildman–Crippen MR) is 67.5 cm³/mol. The van der Waals surface area contributed by atoms with Crippen molar-refractivity contribution in [1.82, 2.24) is 0 Å². The molecular weight excluding hydrogens is 275 g/mol. The summed E-state index contributed by atoms with van der Waals surface area (Å²) in [6.45, 7) is 1.61. The van der Waals surface area contributed by atoms with Crippen LogP contribution in [0.5, 0.6) is 0 Å². The van der Waals surface area contributed by atoms with Gasteiger partial charge >= 0.3 is 12.1 Å². The van der Waals surface area contributed by atoms with Crippen LogP contribution in [0.15, 0.2) is 12.1 Å². The molecule has 0 saturated carbocycles. The Bertz CT molecular complexity index is 486. The molecule has 0 aliphatic heterocycles. The lowest BCUT2D eigenvalue weighted by Gasteiger charge is -2.10. The molecule has 0 unspecified atom stereocenters. The van der Waals surface area contributed by atoms with Crippen molar-refractivity contribution in [1.29, 1.82) is 0 Å². The molecule has 1 aromatic rings. The summed E-state index contributed by atoms with van der Waals surface area (Å²) in [6, 6.07) is 3.23. The number of hydrogen-bond acceptors (Lipinski definition) is 4. The van der Waals surface area contributed by atoms with Crippen molar-refractivity contribution in [3.05, 3.63) is 28.8 Å². The average molecular weight is 291 g/mol. The molecule has 1 rings (SSSR count). The lowest BCUT2D eigenvalue weighted by molar-refractivity contribution is -0.175. The average Bonchev–Trinajstić information content (AvgIpc) is 2.31. The Morgan fingerprint density at radius 1 is 1.20 bits per heavy atom. The second-order valence-electron chi connectivity index (χ2n) is 4.33. The van der Waals surface area contributed by atoms with Gasteiger partial charge in [-0.3, -0.25) is 0 Å². The van der Waals surface area contributed by atoms with Gasteiger partial charge in [0.2, 0.25) is 0 Å². The fraction of sp³-hybridized carbons (Fsp3) is 0.462. The van der Waals surface area contributed by atoms with Crippen LogP contribution in [-0.4, -0.2) is 32.0 Å². The highest BCUT2D eigenvalue weighted by atomic mass is 19.4. The molecule has 0 bridgehead atoms. The summed E-state index contributed by atoms with van der Waals surface area (Å²) in [5, 5.41) is 0. The van der Waals surface area contributed by atoms with Gasteiger partial charge in [0.15, 0.2) is 0 Å². The van der Waals surface area contributed by atoms with E-state index in [1.165, 1.54) is 6.07 Å². The van der Waals surface area contributed by atoms with Crippen LogP contribution in [0.3, 0.4) is 0 Å². The zero-order valence-electron chi connectivity index (χ0n) is 11.2. The summed E-state index contributed by atoms with van der Waals surface area (Å²) in [4.78, 5) is 11.7. The maximum absolute atomic E-state index is 11.8. The molecule has 2 N–H and O–H groups in total. The van der Waals surface area contributed by atoms with Crippen molar-refractivity contribution in [2.75, 3.05) is 25.6 Å². The Labute approximate surface area is 114 Å². The summed E-state index contributed by atoms with van der Waals surface area (Å²) >= 11 is 0. The lowest BCUT2D eigenvalue weighted by atomic mass is 10.0. The van der Waals surface area contributed by atoms with Crippen molar-refractivity contribution in [2.45, 2.75) is 20.0 Å². The number of aryl methyl sites for hydroxylation is 2. The standard InChI is InChI=1S/C13H16F3NO3/c1-8-5-9(2)11(17)6-10(8)12(18)20-4-3-19-7-13(14,15)16/h5-6H,3-4,7,17H2,1-2H3. The first kappa shape index (κ1) is 16.3. The van der Waals surface area contributed by atoms with Gasteiger partial charge in [-0.2, -0.15) is 13.2 Å². The number of ether oxygens (including phenoxy) is 2. The molecule has 0 aliphatic rings. The molecule has 0 aromatic heterocycles. The molecule has 0 atom stereocenters. The monoisotopic (exact) mass is 291 g/mol. The minimum atomic E-state index is -4.38. The third-order valence-corrected chi connectivity index (χ3v) is 2.56. The first-order valence-corrected chi connectivity index (χ1v) is 5.89. The Hall–Kier alpha value is -1.76. The Balaban J connectivity index is 2.46. The second-order valence-corrected chi connectivity index (χ2v) is 4.33. The fourth-order valence-corrected chi connectivity index (χ4v) is 1.55. The van der Waals surface area contributed by atoms with Crippen molar-refractivity contribution < 1.29 is 27.4 Å². The molecule has 20 heavy (non-hydrogen) atoms. The minimum absolute atomic E-state index is 0.248.